The van der Waals surface area contributed by atoms with E-state index in [0.717, 1.165) is 12.8 Å². The van der Waals surface area contributed by atoms with Gasteiger partial charge in [-0.2, -0.15) is 18.4 Å². The number of hydrogen-bond donors (Lipinski definition) is 1. The third-order valence-corrected chi connectivity index (χ3v) is 8.09. The van der Waals surface area contributed by atoms with Gasteiger partial charge in [0.25, 0.3) is 5.91 Å². The van der Waals surface area contributed by atoms with Gasteiger partial charge in [0.15, 0.2) is 0 Å². The highest BCUT2D eigenvalue weighted by atomic mass is 127. The minimum Gasteiger partial charge on any atom is -0.335 e. The number of alkyl halides is 4. The predicted octanol–water partition coefficient (Wildman–Crippen LogP) is 4.60. The molecule has 29 heavy (non-hydrogen) atoms. The predicted molar refractivity (Wildman–Crippen MR) is 113 cm³/mol. The lowest BCUT2D eigenvalue weighted by Gasteiger charge is -2.44. The van der Waals surface area contributed by atoms with Crippen LogP contribution < -0.4 is 5.32 Å². The first-order valence-corrected chi connectivity index (χ1v) is 11.8. The maximum absolute atomic E-state index is 13.4. The monoisotopic (exact) mass is 523 g/mol. The van der Waals surface area contributed by atoms with Gasteiger partial charge in [-0.3, -0.25) is 4.79 Å². The van der Waals surface area contributed by atoms with E-state index in [9.17, 15) is 23.2 Å². The van der Waals surface area contributed by atoms with E-state index in [1.807, 2.05) is 13.0 Å². The topological polar surface area (TPSA) is 56.1 Å². The molecule has 3 fully saturated rings. The van der Waals surface area contributed by atoms with Crippen LogP contribution in [-0.4, -0.2) is 46.1 Å². The number of halogens is 4. The summed E-state index contributed by atoms with van der Waals surface area (Å²) in [7, 11) is 0. The van der Waals surface area contributed by atoms with E-state index in [0.29, 0.717) is 35.3 Å². The number of fused-ring (bicyclic) bond motifs is 1. The Morgan fingerprint density at radius 2 is 2.00 bits per heavy atom. The molecule has 2 heterocycles. The van der Waals surface area contributed by atoms with Crippen LogP contribution in [-0.2, 0) is 4.79 Å². The Morgan fingerprint density at radius 1 is 1.24 bits per heavy atom. The van der Waals surface area contributed by atoms with Crippen LogP contribution in [0.25, 0.3) is 0 Å². The summed E-state index contributed by atoms with van der Waals surface area (Å²) < 4.78 is 40.7. The number of piperidine rings is 2. The first kappa shape index (κ1) is 22.9. The van der Waals surface area contributed by atoms with Crippen LogP contribution in [0.4, 0.5) is 13.2 Å². The molecule has 0 aromatic carbocycles. The Balaban J connectivity index is 1.78. The quantitative estimate of drug-likeness (QED) is 0.249. The van der Waals surface area contributed by atoms with Gasteiger partial charge in [-0.15, -0.1) is 0 Å². The summed E-state index contributed by atoms with van der Waals surface area (Å²) in [6, 6.07) is 0.877. The van der Waals surface area contributed by atoms with Crippen LogP contribution in [0.15, 0.2) is 11.6 Å². The molecule has 4 nitrogen and oxygen atoms in total. The summed E-state index contributed by atoms with van der Waals surface area (Å²) in [5.74, 6) is -0.982. The highest BCUT2D eigenvalue weighted by Gasteiger charge is 2.45. The van der Waals surface area contributed by atoms with Crippen LogP contribution in [0.2, 0.25) is 0 Å². The molecule has 6 unspecified atom stereocenters. The summed E-state index contributed by atoms with van der Waals surface area (Å²) in [5.41, 5.74) is -0.163. The van der Waals surface area contributed by atoms with E-state index in [2.05, 4.69) is 27.9 Å². The van der Waals surface area contributed by atoms with Crippen LogP contribution in [0.1, 0.15) is 51.9 Å². The summed E-state index contributed by atoms with van der Waals surface area (Å²) in [4.78, 5) is 14.9. The summed E-state index contributed by atoms with van der Waals surface area (Å²) in [6.07, 6.45) is 2.90. The Bertz CT molecular complexity index is 675. The zero-order chi connectivity index (χ0) is 21.2. The minimum atomic E-state index is -4.35. The molecule has 1 aliphatic carbocycles. The van der Waals surface area contributed by atoms with Gasteiger partial charge >= 0.3 is 6.18 Å². The Morgan fingerprint density at radius 3 is 2.69 bits per heavy atom. The molecule has 1 amide bonds. The van der Waals surface area contributed by atoms with Crippen LogP contribution in [0, 0.1) is 29.1 Å². The second-order valence-corrected chi connectivity index (χ2v) is 10.4. The molecule has 0 aromatic heterocycles. The molecule has 0 spiro atoms. The van der Waals surface area contributed by atoms with E-state index in [-0.39, 0.29) is 18.0 Å². The standard InChI is InChI=1S/C21H29F3IN3O/c1-13-17-11-16(25)5-2-4-14(17)7-9-28(13)20(29)15(12-26)10-19-18(21(22,23)24)6-3-8-27-19/h10,13-14,16-19,27H,2-9,11H2,1H3/b15-10+. The average molecular weight is 523 g/mol. The fourth-order valence-electron chi connectivity index (χ4n) is 5.34. The Labute approximate surface area is 184 Å². The zero-order valence-electron chi connectivity index (χ0n) is 16.7. The largest absolute Gasteiger partial charge is 0.393 e. The van der Waals surface area contributed by atoms with E-state index in [1.165, 1.54) is 25.3 Å². The number of amides is 1. The van der Waals surface area contributed by atoms with Gasteiger partial charge in [0.1, 0.15) is 11.6 Å². The average Bonchev–Trinajstić information content (AvgIpc) is 2.87. The molecule has 0 aromatic rings. The Hall–Kier alpha value is -0.820. The second kappa shape index (κ2) is 9.54. The van der Waals surface area contributed by atoms with Crippen molar-refractivity contribution < 1.29 is 18.0 Å². The normalized spacial score (nSPS) is 36.7. The summed E-state index contributed by atoms with van der Waals surface area (Å²) >= 11 is 2.49. The van der Waals surface area contributed by atoms with Crippen LogP contribution in [0.3, 0.4) is 0 Å². The van der Waals surface area contributed by atoms with E-state index in [1.54, 1.807) is 4.90 Å². The molecular formula is C21H29F3IN3O. The summed E-state index contributed by atoms with van der Waals surface area (Å²) in [6.45, 7) is 3.07. The van der Waals surface area contributed by atoms with Crippen molar-refractivity contribution in [1.29, 1.82) is 5.26 Å². The molecule has 2 saturated heterocycles. The van der Waals surface area contributed by atoms with E-state index < -0.39 is 24.0 Å². The highest BCUT2D eigenvalue weighted by molar-refractivity contribution is 14.1. The first-order chi connectivity index (χ1) is 13.7. The maximum atomic E-state index is 13.4. The van der Waals surface area contributed by atoms with Crippen molar-refractivity contribution >= 4 is 28.5 Å². The van der Waals surface area contributed by atoms with Crippen molar-refractivity contribution in [3.63, 3.8) is 0 Å². The van der Waals surface area contributed by atoms with Crippen LogP contribution in [0.5, 0.6) is 0 Å². The summed E-state index contributed by atoms with van der Waals surface area (Å²) in [5, 5.41) is 12.4. The SMILES string of the molecule is CC1C2CC(I)CCCC2CCN1C(=O)/C(C#N)=C/C1NCCCC1C(F)(F)F. The van der Waals surface area contributed by atoms with Gasteiger partial charge in [-0.25, -0.2) is 0 Å². The number of hydrogen-bond acceptors (Lipinski definition) is 3. The molecular weight excluding hydrogens is 494 g/mol. The first-order valence-electron chi connectivity index (χ1n) is 10.6. The molecule has 0 bridgehead atoms. The minimum absolute atomic E-state index is 0.00564. The zero-order valence-corrected chi connectivity index (χ0v) is 18.9. The number of nitriles is 1. The van der Waals surface area contributed by atoms with Crippen molar-refractivity contribution in [2.75, 3.05) is 13.1 Å². The molecule has 6 atom stereocenters. The van der Waals surface area contributed by atoms with Gasteiger partial charge in [0.05, 0.1) is 5.92 Å². The Kier molecular flexibility index (Phi) is 7.52. The lowest BCUT2D eigenvalue weighted by Crippen LogP contribution is -2.51. The van der Waals surface area contributed by atoms with Crippen molar-refractivity contribution in [2.24, 2.45) is 17.8 Å². The number of carbonyl (C=O) groups excluding carboxylic acids is 1. The van der Waals surface area contributed by atoms with E-state index in [4.69, 9.17) is 0 Å². The molecule has 3 rings (SSSR count). The van der Waals surface area contributed by atoms with Gasteiger partial charge in [-0.1, -0.05) is 35.4 Å². The van der Waals surface area contributed by atoms with Crippen molar-refractivity contribution in [3.8, 4) is 6.07 Å². The third kappa shape index (κ3) is 5.27. The number of rotatable bonds is 2. The molecule has 1 saturated carbocycles. The molecule has 2 aliphatic heterocycles. The molecule has 162 valence electrons. The number of carbonyl (C=O) groups is 1. The molecule has 0 radical (unpaired) electrons. The van der Waals surface area contributed by atoms with Gasteiger partial charge in [0.2, 0.25) is 0 Å². The molecule has 8 heteroatoms. The molecule has 1 N–H and O–H groups in total. The maximum Gasteiger partial charge on any atom is 0.393 e. The number of nitrogens with zero attached hydrogens (tertiary/aromatic N) is 2. The fourth-order valence-corrected chi connectivity index (χ4v) is 6.37. The van der Waals surface area contributed by atoms with Gasteiger partial charge in [-0.05, 0) is 63.5 Å². The number of likely N-dealkylation sites (tertiary alicyclic amines) is 1. The smallest absolute Gasteiger partial charge is 0.335 e. The van der Waals surface area contributed by atoms with Gasteiger partial charge in [0, 0.05) is 22.6 Å². The molecule has 3 aliphatic rings. The van der Waals surface area contributed by atoms with E-state index >= 15 is 0 Å². The third-order valence-electron chi connectivity index (χ3n) is 6.96. The van der Waals surface area contributed by atoms with Crippen molar-refractivity contribution in [2.45, 2.75) is 74.1 Å². The van der Waals surface area contributed by atoms with Crippen molar-refractivity contribution in [1.82, 2.24) is 10.2 Å². The highest BCUT2D eigenvalue weighted by Crippen LogP contribution is 2.41. The van der Waals surface area contributed by atoms with Crippen molar-refractivity contribution in [3.05, 3.63) is 11.6 Å². The fraction of sp³-hybridized carbons (Fsp3) is 0.810. The number of nitrogens with one attached hydrogen (secondary N) is 1. The lowest BCUT2D eigenvalue weighted by atomic mass is 9.77. The van der Waals surface area contributed by atoms with Crippen LogP contribution >= 0.6 is 22.6 Å². The lowest BCUT2D eigenvalue weighted by molar-refractivity contribution is -0.184. The van der Waals surface area contributed by atoms with Gasteiger partial charge < -0.3 is 10.2 Å². The second-order valence-electron chi connectivity index (χ2n) is 8.68.